The molecule has 1 fully saturated rings. The van der Waals surface area contributed by atoms with Gasteiger partial charge in [-0.2, -0.15) is 5.10 Å². The van der Waals surface area contributed by atoms with E-state index in [0.717, 1.165) is 37.3 Å². The molecule has 120 valence electrons. The van der Waals surface area contributed by atoms with Gasteiger partial charge in [0.15, 0.2) is 0 Å². The number of carbonyl (C=O) groups excluding carboxylic acids is 1. The number of carbonyl (C=O) groups is 1. The van der Waals surface area contributed by atoms with Gasteiger partial charge in [0.2, 0.25) is 5.91 Å². The second kappa shape index (κ2) is 5.44. The van der Waals surface area contributed by atoms with E-state index in [-0.39, 0.29) is 18.4 Å². The van der Waals surface area contributed by atoms with Crippen molar-refractivity contribution in [3.8, 4) is 0 Å². The van der Waals surface area contributed by atoms with Crippen molar-refractivity contribution in [3.63, 3.8) is 0 Å². The van der Waals surface area contributed by atoms with Crippen molar-refractivity contribution in [2.24, 2.45) is 0 Å². The molecule has 2 heterocycles. The van der Waals surface area contributed by atoms with Crippen LogP contribution in [0.1, 0.15) is 55.2 Å². The average molecular weight is 317 g/mol. The van der Waals surface area contributed by atoms with Crippen molar-refractivity contribution >= 4 is 11.7 Å². The molecule has 23 heavy (non-hydrogen) atoms. The Balaban J connectivity index is 1.78. The van der Waals surface area contributed by atoms with E-state index in [1.54, 1.807) is 6.20 Å². The number of rotatable bonds is 2. The second-order valence-corrected chi connectivity index (χ2v) is 6.30. The topological polar surface area (TPSA) is 46.9 Å². The molecule has 0 spiro atoms. The van der Waals surface area contributed by atoms with Crippen LogP contribution in [0.3, 0.4) is 0 Å². The van der Waals surface area contributed by atoms with Crippen LogP contribution in [-0.4, -0.2) is 15.7 Å². The van der Waals surface area contributed by atoms with Gasteiger partial charge in [-0.05, 0) is 24.5 Å². The predicted molar refractivity (Wildman–Crippen MR) is 81.2 cm³/mol. The molecule has 4 nitrogen and oxygen atoms in total. The smallest absolute Gasteiger partial charge is 0.226 e. The lowest BCUT2D eigenvalue weighted by Crippen LogP contribution is -2.26. The summed E-state index contributed by atoms with van der Waals surface area (Å²) in [5.41, 5.74) is 1.15. The molecule has 2 aromatic rings. The number of benzene rings is 1. The van der Waals surface area contributed by atoms with Crippen LogP contribution in [0, 0.1) is 11.6 Å². The number of hydrogen-bond acceptors (Lipinski definition) is 2. The van der Waals surface area contributed by atoms with Crippen LogP contribution in [0.4, 0.5) is 14.6 Å². The van der Waals surface area contributed by atoms with Crippen LogP contribution < -0.4 is 5.32 Å². The second-order valence-electron chi connectivity index (χ2n) is 6.30. The Bertz CT molecular complexity index is 765. The summed E-state index contributed by atoms with van der Waals surface area (Å²) < 4.78 is 29.2. The highest BCUT2D eigenvalue weighted by molar-refractivity contribution is 5.94. The SMILES string of the molecule is O=C1C[C@@H](c2ccc(F)cc2F)c2cnn(C3CCCC3)c2N1. The number of halogens is 2. The van der Waals surface area contributed by atoms with E-state index in [1.807, 2.05) is 4.68 Å². The Morgan fingerprint density at radius 3 is 2.70 bits per heavy atom. The molecular weight excluding hydrogens is 300 g/mol. The summed E-state index contributed by atoms with van der Waals surface area (Å²) in [6.07, 6.45) is 6.25. The van der Waals surface area contributed by atoms with Crippen LogP contribution >= 0.6 is 0 Å². The first-order chi connectivity index (χ1) is 11.1. The summed E-state index contributed by atoms with van der Waals surface area (Å²) in [5.74, 6) is -1.15. The number of amides is 1. The van der Waals surface area contributed by atoms with Gasteiger partial charge in [0.25, 0.3) is 0 Å². The summed E-state index contributed by atoms with van der Waals surface area (Å²) in [5, 5.41) is 7.32. The van der Waals surface area contributed by atoms with E-state index in [1.165, 1.54) is 12.1 Å². The molecule has 0 radical (unpaired) electrons. The minimum absolute atomic E-state index is 0.145. The van der Waals surface area contributed by atoms with E-state index < -0.39 is 17.6 Å². The van der Waals surface area contributed by atoms with E-state index in [0.29, 0.717) is 11.4 Å². The van der Waals surface area contributed by atoms with E-state index in [2.05, 4.69) is 10.4 Å². The fourth-order valence-corrected chi connectivity index (χ4v) is 3.73. The van der Waals surface area contributed by atoms with Crippen molar-refractivity contribution in [2.75, 3.05) is 5.32 Å². The van der Waals surface area contributed by atoms with Gasteiger partial charge in [0.05, 0.1) is 12.2 Å². The van der Waals surface area contributed by atoms with Gasteiger partial charge in [0, 0.05) is 24.0 Å². The Morgan fingerprint density at radius 2 is 1.96 bits per heavy atom. The molecule has 1 aliphatic carbocycles. The number of hydrogen-bond donors (Lipinski definition) is 1. The molecule has 0 unspecified atom stereocenters. The zero-order chi connectivity index (χ0) is 16.0. The Morgan fingerprint density at radius 1 is 1.17 bits per heavy atom. The van der Waals surface area contributed by atoms with Gasteiger partial charge < -0.3 is 5.32 Å². The highest BCUT2D eigenvalue weighted by Gasteiger charge is 2.33. The molecule has 1 aliphatic heterocycles. The fourth-order valence-electron chi connectivity index (χ4n) is 3.73. The molecule has 1 N–H and O–H groups in total. The lowest BCUT2D eigenvalue weighted by molar-refractivity contribution is -0.116. The van der Waals surface area contributed by atoms with Crippen molar-refractivity contribution < 1.29 is 13.6 Å². The van der Waals surface area contributed by atoms with Crippen molar-refractivity contribution in [2.45, 2.75) is 44.1 Å². The molecular formula is C17H17F2N3O. The van der Waals surface area contributed by atoms with Crippen LogP contribution in [0.25, 0.3) is 0 Å². The molecule has 1 aromatic heterocycles. The molecule has 1 amide bonds. The van der Waals surface area contributed by atoms with Gasteiger partial charge in [-0.15, -0.1) is 0 Å². The standard InChI is InChI=1S/C17H17F2N3O/c18-10-5-6-12(15(19)7-10)13-8-16(23)21-17-14(13)9-20-22(17)11-3-1-2-4-11/h5-7,9,11,13H,1-4,8H2,(H,21,23)/t13-/m0/s1. The number of aromatic nitrogens is 2. The normalized spacial score (nSPS) is 21.3. The summed E-state index contributed by atoms with van der Waals surface area (Å²) >= 11 is 0. The quantitative estimate of drug-likeness (QED) is 0.917. The number of fused-ring (bicyclic) bond motifs is 1. The predicted octanol–water partition coefficient (Wildman–Crippen LogP) is 3.75. The maximum atomic E-state index is 14.2. The first-order valence-corrected chi connectivity index (χ1v) is 7.95. The lowest BCUT2D eigenvalue weighted by Gasteiger charge is -2.25. The van der Waals surface area contributed by atoms with Crippen molar-refractivity contribution in [1.82, 2.24) is 9.78 Å². The summed E-state index contributed by atoms with van der Waals surface area (Å²) in [7, 11) is 0. The Labute approximate surface area is 132 Å². The molecule has 4 rings (SSSR count). The fraction of sp³-hybridized carbons (Fsp3) is 0.412. The third-order valence-electron chi connectivity index (χ3n) is 4.85. The third-order valence-corrected chi connectivity index (χ3v) is 4.85. The van der Waals surface area contributed by atoms with Gasteiger partial charge in [-0.3, -0.25) is 4.79 Å². The van der Waals surface area contributed by atoms with Crippen LogP contribution in [-0.2, 0) is 4.79 Å². The molecule has 1 saturated carbocycles. The maximum Gasteiger partial charge on any atom is 0.226 e. The molecule has 1 atom stereocenters. The highest BCUT2D eigenvalue weighted by Crippen LogP contribution is 2.41. The van der Waals surface area contributed by atoms with Crippen molar-refractivity contribution in [1.29, 1.82) is 0 Å². The minimum Gasteiger partial charge on any atom is -0.311 e. The van der Waals surface area contributed by atoms with E-state index >= 15 is 0 Å². The Kier molecular flexibility index (Phi) is 3.39. The maximum absolute atomic E-state index is 14.2. The molecule has 0 saturated heterocycles. The van der Waals surface area contributed by atoms with Gasteiger partial charge >= 0.3 is 0 Å². The van der Waals surface area contributed by atoms with Crippen molar-refractivity contribution in [3.05, 3.63) is 47.2 Å². The monoisotopic (exact) mass is 317 g/mol. The average Bonchev–Trinajstić information content (AvgIpc) is 3.15. The highest BCUT2D eigenvalue weighted by atomic mass is 19.1. The van der Waals surface area contributed by atoms with Gasteiger partial charge in [-0.1, -0.05) is 18.9 Å². The Hall–Kier alpha value is -2.24. The van der Waals surface area contributed by atoms with Gasteiger partial charge in [-0.25, -0.2) is 13.5 Å². The zero-order valence-corrected chi connectivity index (χ0v) is 12.6. The molecule has 6 heteroatoms. The number of nitrogens with zero attached hydrogens (tertiary/aromatic N) is 2. The van der Waals surface area contributed by atoms with Gasteiger partial charge in [0.1, 0.15) is 17.5 Å². The van der Waals surface area contributed by atoms with Crippen LogP contribution in [0.15, 0.2) is 24.4 Å². The molecule has 1 aromatic carbocycles. The first-order valence-electron chi connectivity index (χ1n) is 7.95. The third kappa shape index (κ3) is 2.42. The van der Waals surface area contributed by atoms with Crippen LogP contribution in [0.2, 0.25) is 0 Å². The van der Waals surface area contributed by atoms with E-state index in [9.17, 15) is 13.6 Å². The first kappa shape index (κ1) is 14.4. The number of nitrogens with one attached hydrogen (secondary N) is 1. The number of anilines is 1. The zero-order valence-electron chi connectivity index (χ0n) is 12.6. The van der Waals surface area contributed by atoms with Crippen LogP contribution in [0.5, 0.6) is 0 Å². The summed E-state index contributed by atoms with van der Waals surface area (Å²) in [6.45, 7) is 0. The van der Waals surface area contributed by atoms with E-state index in [4.69, 9.17) is 0 Å². The summed E-state index contributed by atoms with van der Waals surface area (Å²) in [6, 6.07) is 3.80. The lowest BCUT2D eigenvalue weighted by atomic mass is 9.87. The molecule has 2 aliphatic rings. The molecule has 0 bridgehead atoms. The minimum atomic E-state index is -0.621. The summed E-state index contributed by atoms with van der Waals surface area (Å²) in [4.78, 5) is 12.1. The largest absolute Gasteiger partial charge is 0.311 e.